The van der Waals surface area contributed by atoms with Gasteiger partial charge in [0.15, 0.2) is 17.9 Å². The fourth-order valence-electron chi connectivity index (χ4n) is 2.67. The van der Waals surface area contributed by atoms with Gasteiger partial charge in [-0.05, 0) is 6.07 Å². The molecule has 2 aromatic rings. The number of ether oxygens (including phenoxy) is 1. The lowest BCUT2D eigenvalue weighted by Gasteiger charge is -2.34. The van der Waals surface area contributed by atoms with E-state index in [0.717, 1.165) is 11.5 Å². The van der Waals surface area contributed by atoms with Crippen molar-refractivity contribution in [3.8, 4) is 5.88 Å². The van der Waals surface area contributed by atoms with Gasteiger partial charge >= 0.3 is 0 Å². The second-order valence-electron chi connectivity index (χ2n) is 5.79. The van der Waals surface area contributed by atoms with Crippen LogP contribution in [0, 0.1) is 0 Å². The van der Waals surface area contributed by atoms with E-state index in [0.29, 0.717) is 30.4 Å². The summed E-state index contributed by atoms with van der Waals surface area (Å²) in [5.41, 5.74) is 1.12. The van der Waals surface area contributed by atoms with Crippen molar-refractivity contribution < 1.29 is 13.9 Å². The molecule has 7 heteroatoms. The number of aromatic nitrogens is 2. The maximum atomic E-state index is 12.9. The van der Waals surface area contributed by atoms with E-state index < -0.39 is 0 Å². The van der Waals surface area contributed by atoms with Crippen molar-refractivity contribution in [3.63, 3.8) is 0 Å². The summed E-state index contributed by atoms with van der Waals surface area (Å²) in [4.78, 5) is 25.2. The summed E-state index contributed by atoms with van der Waals surface area (Å²) in [7, 11) is 3.52. The third kappa shape index (κ3) is 2.62. The molecule has 0 N–H and O–H groups in total. The van der Waals surface area contributed by atoms with Crippen molar-refractivity contribution in [2.24, 2.45) is 0 Å². The number of amides is 1. The van der Waals surface area contributed by atoms with E-state index in [1.165, 1.54) is 6.39 Å². The first-order valence-electron chi connectivity index (χ1n) is 7.54. The number of fused-ring (bicyclic) bond motifs is 1. The third-order valence-electron chi connectivity index (χ3n) is 3.92. The summed E-state index contributed by atoms with van der Waals surface area (Å²) in [6, 6.07) is 3.61. The predicted molar refractivity (Wildman–Crippen MR) is 86.3 cm³/mol. The highest BCUT2D eigenvalue weighted by molar-refractivity contribution is 6.07. The lowest BCUT2D eigenvalue weighted by molar-refractivity contribution is 0.0980. The molecule has 0 spiro atoms. The summed E-state index contributed by atoms with van der Waals surface area (Å²) in [6.07, 6.45) is 1.33. The number of methoxy groups -OCH3 is 1. The van der Waals surface area contributed by atoms with Crippen molar-refractivity contribution in [1.29, 1.82) is 0 Å². The minimum absolute atomic E-state index is 0.0948. The van der Waals surface area contributed by atoms with E-state index in [-0.39, 0.29) is 11.8 Å². The van der Waals surface area contributed by atoms with Crippen LogP contribution in [0.4, 0.5) is 11.5 Å². The molecule has 0 saturated heterocycles. The summed E-state index contributed by atoms with van der Waals surface area (Å²) in [5.74, 6) is 1.78. The Morgan fingerprint density at radius 2 is 2.13 bits per heavy atom. The van der Waals surface area contributed by atoms with E-state index in [9.17, 15) is 4.79 Å². The van der Waals surface area contributed by atoms with Crippen molar-refractivity contribution in [2.45, 2.75) is 19.8 Å². The predicted octanol–water partition coefficient (Wildman–Crippen LogP) is 2.30. The molecule has 0 aliphatic carbocycles. The van der Waals surface area contributed by atoms with Crippen LogP contribution in [0.2, 0.25) is 0 Å². The normalized spacial score (nSPS) is 14.1. The van der Waals surface area contributed by atoms with Crippen LogP contribution in [0.3, 0.4) is 0 Å². The van der Waals surface area contributed by atoms with Gasteiger partial charge in [0.1, 0.15) is 5.76 Å². The lowest BCUT2D eigenvalue weighted by atomic mass is 10.1. The topological polar surface area (TPSA) is 71.7 Å². The molecule has 3 heterocycles. The van der Waals surface area contributed by atoms with E-state index in [1.807, 2.05) is 31.9 Å². The number of hydrogen-bond donors (Lipinski definition) is 0. The number of carbonyl (C=O) groups excluding carboxylic acids is 1. The Hall–Kier alpha value is -2.57. The standard InChI is InChI=1S/C16H20N4O3/c1-10(2)14-13(17-9-23-14)16(21)20-8-7-19(3)15-11(20)5-6-12(18-15)22-4/h5-6,9-10H,7-8H2,1-4H3. The van der Waals surface area contributed by atoms with Gasteiger partial charge < -0.3 is 19.0 Å². The fraction of sp³-hybridized carbons (Fsp3) is 0.438. The highest BCUT2D eigenvalue weighted by atomic mass is 16.5. The maximum absolute atomic E-state index is 12.9. The maximum Gasteiger partial charge on any atom is 0.280 e. The molecule has 0 fully saturated rings. The first-order valence-corrected chi connectivity index (χ1v) is 7.54. The van der Waals surface area contributed by atoms with Gasteiger partial charge in [0.25, 0.3) is 5.91 Å². The molecule has 1 amide bonds. The Morgan fingerprint density at radius 3 is 2.83 bits per heavy atom. The summed E-state index contributed by atoms with van der Waals surface area (Å²) >= 11 is 0. The van der Waals surface area contributed by atoms with E-state index in [2.05, 4.69) is 9.97 Å². The molecule has 0 radical (unpaired) electrons. The minimum atomic E-state index is -0.163. The minimum Gasteiger partial charge on any atom is -0.481 e. The van der Waals surface area contributed by atoms with Crippen LogP contribution < -0.4 is 14.5 Å². The molecule has 0 aromatic carbocycles. The first kappa shape index (κ1) is 15.3. The fourth-order valence-corrected chi connectivity index (χ4v) is 2.67. The molecule has 23 heavy (non-hydrogen) atoms. The average Bonchev–Trinajstić information content (AvgIpc) is 3.04. The van der Waals surface area contributed by atoms with E-state index in [1.54, 1.807) is 18.1 Å². The molecule has 1 aliphatic heterocycles. The molecule has 0 atom stereocenters. The molecule has 0 bridgehead atoms. The third-order valence-corrected chi connectivity index (χ3v) is 3.92. The summed E-state index contributed by atoms with van der Waals surface area (Å²) < 4.78 is 10.6. The Bertz CT molecular complexity index is 726. The highest BCUT2D eigenvalue weighted by Crippen LogP contribution is 2.33. The number of likely N-dealkylation sites (N-methyl/N-ethyl adjacent to an activating group) is 1. The molecule has 2 aromatic heterocycles. The Morgan fingerprint density at radius 1 is 1.35 bits per heavy atom. The van der Waals surface area contributed by atoms with Crippen molar-refractivity contribution in [3.05, 3.63) is 30.0 Å². The molecule has 3 rings (SSSR count). The lowest BCUT2D eigenvalue weighted by Crippen LogP contribution is -2.43. The molecular formula is C16H20N4O3. The van der Waals surface area contributed by atoms with Crippen LogP contribution in [0.5, 0.6) is 5.88 Å². The number of oxazole rings is 1. The van der Waals surface area contributed by atoms with Crippen LogP contribution in [0.1, 0.15) is 36.0 Å². The second-order valence-corrected chi connectivity index (χ2v) is 5.79. The number of hydrogen-bond acceptors (Lipinski definition) is 6. The number of rotatable bonds is 3. The van der Waals surface area contributed by atoms with Crippen molar-refractivity contribution in [1.82, 2.24) is 9.97 Å². The zero-order chi connectivity index (χ0) is 16.6. The zero-order valence-corrected chi connectivity index (χ0v) is 13.7. The van der Waals surface area contributed by atoms with Crippen molar-refractivity contribution in [2.75, 3.05) is 37.0 Å². The Kier molecular flexibility index (Phi) is 3.94. The molecule has 7 nitrogen and oxygen atoms in total. The van der Waals surface area contributed by atoms with Crippen LogP contribution in [0.15, 0.2) is 22.9 Å². The molecular weight excluding hydrogens is 296 g/mol. The average molecular weight is 316 g/mol. The van der Waals surface area contributed by atoms with Crippen LogP contribution >= 0.6 is 0 Å². The Labute approximate surface area is 134 Å². The largest absolute Gasteiger partial charge is 0.481 e. The van der Waals surface area contributed by atoms with Gasteiger partial charge in [-0.3, -0.25) is 4.79 Å². The van der Waals surface area contributed by atoms with Crippen LogP contribution in [-0.2, 0) is 0 Å². The molecule has 0 unspecified atom stereocenters. The number of carbonyl (C=O) groups is 1. The molecule has 0 saturated carbocycles. The summed E-state index contributed by atoms with van der Waals surface area (Å²) in [5, 5.41) is 0. The SMILES string of the molecule is COc1ccc2c(n1)N(C)CCN2C(=O)c1ncoc1C(C)C. The van der Waals surface area contributed by atoms with Gasteiger partial charge in [0.05, 0.1) is 12.8 Å². The van der Waals surface area contributed by atoms with E-state index >= 15 is 0 Å². The zero-order valence-electron chi connectivity index (χ0n) is 13.7. The van der Waals surface area contributed by atoms with Crippen molar-refractivity contribution >= 4 is 17.4 Å². The molecule has 122 valence electrons. The van der Waals surface area contributed by atoms with Gasteiger partial charge in [-0.15, -0.1) is 0 Å². The molecule has 1 aliphatic rings. The van der Waals surface area contributed by atoms with Gasteiger partial charge in [0.2, 0.25) is 5.88 Å². The monoisotopic (exact) mass is 316 g/mol. The number of anilines is 2. The smallest absolute Gasteiger partial charge is 0.280 e. The number of pyridine rings is 1. The first-order chi connectivity index (χ1) is 11.0. The van der Waals surface area contributed by atoms with Gasteiger partial charge in [0, 0.05) is 32.1 Å². The van der Waals surface area contributed by atoms with Crippen LogP contribution in [-0.4, -0.2) is 43.1 Å². The van der Waals surface area contributed by atoms with Gasteiger partial charge in [-0.25, -0.2) is 4.98 Å². The van der Waals surface area contributed by atoms with Gasteiger partial charge in [-0.1, -0.05) is 13.8 Å². The van der Waals surface area contributed by atoms with Gasteiger partial charge in [-0.2, -0.15) is 4.98 Å². The summed E-state index contributed by atoms with van der Waals surface area (Å²) in [6.45, 7) is 5.21. The quantitative estimate of drug-likeness (QED) is 0.865. The van der Waals surface area contributed by atoms with E-state index in [4.69, 9.17) is 9.15 Å². The Balaban J connectivity index is 2.00. The highest BCUT2D eigenvalue weighted by Gasteiger charge is 2.31. The van der Waals surface area contributed by atoms with Crippen LogP contribution in [0.25, 0.3) is 0 Å². The second kappa shape index (κ2) is 5.91. The number of nitrogens with zero attached hydrogens (tertiary/aromatic N) is 4.